The van der Waals surface area contributed by atoms with Crippen LogP contribution in [0.15, 0.2) is 42.7 Å². The molecule has 2 aliphatic rings. The molecular weight excluding hydrogens is 495 g/mol. The van der Waals surface area contributed by atoms with Gasteiger partial charge in [-0.1, -0.05) is 6.42 Å². The van der Waals surface area contributed by atoms with Crippen LogP contribution in [0, 0.1) is 17.5 Å². The molecule has 0 radical (unpaired) electrons. The van der Waals surface area contributed by atoms with Crippen molar-refractivity contribution in [3.63, 3.8) is 0 Å². The summed E-state index contributed by atoms with van der Waals surface area (Å²) in [5, 5.41) is 0. The Labute approximate surface area is 219 Å². The number of nitrogens with two attached hydrogens (primary N) is 1. The van der Waals surface area contributed by atoms with E-state index in [9.17, 15) is 9.18 Å². The van der Waals surface area contributed by atoms with Crippen LogP contribution in [-0.2, 0) is 11.2 Å². The lowest BCUT2D eigenvalue weighted by Crippen LogP contribution is -2.27. The van der Waals surface area contributed by atoms with Gasteiger partial charge in [0.25, 0.3) is 0 Å². The van der Waals surface area contributed by atoms with Crippen molar-refractivity contribution in [3.8, 4) is 17.0 Å². The Morgan fingerprint density at radius 2 is 1.79 bits per heavy atom. The van der Waals surface area contributed by atoms with Crippen LogP contribution in [0.1, 0.15) is 66.1 Å². The second-order valence-corrected chi connectivity index (χ2v) is 10.0. The number of hydrogen-bond acceptors (Lipinski definition) is 6. The van der Waals surface area contributed by atoms with E-state index in [1.807, 2.05) is 6.07 Å². The first-order chi connectivity index (χ1) is 18.4. The molecule has 2 fully saturated rings. The lowest BCUT2D eigenvalue weighted by Gasteiger charge is -2.28. The van der Waals surface area contributed by atoms with Crippen molar-refractivity contribution in [3.05, 3.63) is 77.0 Å². The molecule has 0 bridgehead atoms. The van der Waals surface area contributed by atoms with Crippen LogP contribution in [0.5, 0.6) is 5.75 Å². The summed E-state index contributed by atoms with van der Waals surface area (Å²) in [7, 11) is 0. The van der Waals surface area contributed by atoms with Gasteiger partial charge in [-0.25, -0.2) is 18.2 Å². The summed E-state index contributed by atoms with van der Waals surface area (Å²) < 4.78 is 55.8. The van der Waals surface area contributed by atoms with Crippen molar-refractivity contribution in [2.24, 2.45) is 5.73 Å². The van der Waals surface area contributed by atoms with Crippen molar-refractivity contribution in [2.75, 3.05) is 13.2 Å². The molecule has 2 N–H and O–H groups in total. The topological polar surface area (TPSA) is 87.3 Å². The zero-order chi connectivity index (χ0) is 26.6. The molecule has 3 heterocycles. The molecule has 3 aromatic rings. The molecular formula is C29H30F3N3O3. The van der Waals surface area contributed by atoms with E-state index in [1.165, 1.54) is 6.07 Å². The number of halogens is 3. The third-order valence-corrected chi connectivity index (χ3v) is 7.30. The minimum absolute atomic E-state index is 0.00910. The van der Waals surface area contributed by atoms with Gasteiger partial charge >= 0.3 is 0 Å². The standard InChI is InChI=1S/C29H30F3N3O3/c30-23-4-5-26(27(36)13-18-16-34-9-6-22(18)17-2-1-3-19(33)12-17)35-29(23)28-24(31)14-21(15-25(28)32)38-20-7-10-37-11-8-20/h4-6,9,14-17,19-20H,1-3,7-8,10-13,33H2/t17-,19+/m1/s1. The molecule has 5 rings (SSSR count). The van der Waals surface area contributed by atoms with E-state index in [2.05, 4.69) is 9.97 Å². The summed E-state index contributed by atoms with van der Waals surface area (Å²) in [6.07, 6.45) is 8.12. The molecule has 1 aromatic carbocycles. The van der Waals surface area contributed by atoms with Gasteiger partial charge in [-0.15, -0.1) is 0 Å². The number of nitrogens with zero attached hydrogens (tertiary/aromatic N) is 2. The van der Waals surface area contributed by atoms with Gasteiger partial charge in [0, 0.05) is 49.8 Å². The summed E-state index contributed by atoms with van der Waals surface area (Å²) in [5.41, 5.74) is 6.64. The number of Topliss-reactive ketones (excluding diaryl/α,β-unsaturated/α-hetero) is 1. The van der Waals surface area contributed by atoms with Crippen LogP contribution in [0.2, 0.25) is 0 Å². The third kappa shape index (κ3) is 5.89. The molecule has 0 spiro atoms. The van der Waals surface area contributed by atoms with Gasteiger partial charge in [-0.3, -0.25) is 9.78 Å². The van der Waals surface area contributed by atoms with Crippen molar-refractivity contribution in [2.45, 2.75) is 63.0 Å². The lowest BCUT2D eigenvalue weighted by atomic mass is 9.80. The summed E-state index contributed by atoms with van der Waals surface area (Å²) in [5.74, 6) is -3.14. The van der Waals surface area contributed by atoms with E-state index in [0.29, 0.717) is 26.1 Å². The van der Waals surface area contributed by atoms with Gasteiger partial charge in [0.2, 0.25) is 0 Å². The van der Waals surface area contributed by atoms with Gasteiger partial charge in [0.15, 0.2) is 5.78 Å². The smallest absolute Gasteiger partial charge is 0.185 e. The number of carbonyl (C=O) groups is 1. The summed E-state index contributed by atoms with van der Waals surface area (Å²) in [6, 6.07) is 6.28. The first-order valence-corrected chi connectivity index (χ1v) is 13.0. The van der Waals surface area contributed by atoms with E-state index < -0.39 is 34.5 Å². The molecule has 1 saturated carbocycles. The number of hydrogen-bond donors (Lipinski definition) is 1. The predicted octanol–water partition coefficient (Wildman–Crippen LogP) is 5.53. The molecule has 1 aliphatic carbocycles. The minimum Gasteiger partial charge on any atom is -0.490 e. The number of benzene rings is 1. The van der Waals surface area contributed by atoms with Crippen molar-refractivity contribution in [1.82, 2.24) is 9.97 Å². The first-order valence-electron chi connectivity index (χ1n) is 13.0. The van der Waals surface area contributed by atoms with Crippen LogP contribution in [0.3, 0.4) is 0 Å². The number of carbonyl (C=O) groups excluding carboxylic acids is 1. The Morgan fingerprint density at radius 1 is 1.03 bits per heavy atom. The van der Waals surface area contributed by atoms with E-state index >= 15 is 8.78 Å². The van der Waals surface area contributed by atoms with Crippen molar-refractivity contribution < 1.29 is 27.4 Å². The van der Waals surface area contributed by atoms with Gasteiger partial charge in [-0.05, 0) is 54.5 Å². The second-order valence-electron chi connectivity index (χ2n) is 10.0. The molecule has 2 aromatic heterocycles. The zero-order valence-electron chi connectivity index (χ0n) is 21.0. The lowest BCUT2D eigenvalue weighted by molar-refractivity contribution is 0.0253. The Kier molecular flexibility index (Phi) is 8.04. The number of aromatic nitrogens is 2. The normalized spacial score (nSPS) is 20.3. The van der Waals surface area contributed by atoms with Crippen molar-refractivity contribution >= 4 is 5.78 Å². The molecule has 38 heavy (non-hydrogen) atoms. The van der Waals surface area contributed by atoms with Crippen LogP contribution < -0.4 is 10.5 Å². The number of ketones is 1. The Hall–Kier alpha value is -3.30. The Morgan fingerprint density at radius 3 is 2.53 bits per heavy atom. The van der Waals surface area contributed by atoms with Gasteiger partial charge in [0.1, 0.15) is 40.7 Å². The van der Waals surface area contributed by atoms with Gasteiger partial charge in [0.05, 0.1) is 18.8 Å². The molecule has 0 amide bonds. The van der Waals surface area contributed by atoms with Gasteiger partial charge in [-0.2, -0.15) is 0 Å². The van der Waals surface area contributed by atoms with Gasteiger partial charge < -0.3 is 15.2 Å². The fourth-order valence-corrected chi connectivity index (χ4v) is 5.36. The highest BCUT2D eigenvalue weighted by Gasteiger charge is 2.25. The quantitative estimate of drug-likeness (QED) is 0.408. The molecule has 9 heteroatoms. The fourth-order valence-electron chi connectivity index (χ4n) is 5.36. The van der Waals surface area contributed by atoms with E-state index in [0.717, 1.165) is 55.0 Å². The summed E-state index contributed by atoms with van der Waals surface area (Å²) in [6.45, 7) is 1.02. The number of rotatable bonds is 7. The molecule has 2 atom stereocenters. The average molecular weight is 526 g/mol. The molecule has 200 valence electrons. The fraction of sp³-hybridized carbons (Fsp3) is 0.414. The monoisotopic (exact) mass is 525 g/mol. The average Bonchev–Trinajstić information content (AvgIpc) is 2.90. The Balaban J connectivity index is 1.38. The van der Waals surface area contributed by atoms with Crippen LogP contribution in [0.4, 0.5) is 13.2 Å². The van der Waals surface area contributed by atoms with E-state index in [1.54, 1.807) is 12.4 Å². The highest BCUT2D eigenvalue weighted by Crippen LogP contribution is 2.35. The highest BCUT2D eigenvalue weighted by molar-refractivity contribution is 5.96. The summed E-state index contributed by atoms with van der Waals surface area (Å²) >= 11 is 0. The van der Waals surface area contributed by atoms with Crippen LogP contribution in [-0.4, -0.2) is 41.1 Å². The maximum Gasteiger partial charge on any atom is 0.185 e. The number of pyridine rings is 2. The van der Waals surface area contributed by atoms with Crippen LogP contribution in [0.25, 0.3) is 11.3 Å². The molecule has 0 unspecified atom stereocenters. The van der Waals surface area contributed by atoms with E-state index in [4.69, 9.17) is 15.2 Å². The molecule has 1 aliphatic heterocycles. The molecule has 1 saturated heterocycles. The largest absolute Gasteiger partial charge is 0.490 e. The minimum atomic E-state index is -1.02. The maximum absolute atomic E-state index is 15.0. The Bertz CT molecular complexity index is 1290. The molecule has 6 nitrogen and oxygen atoms in total. The first kappa shape index (κ1) is 26.3. The zero-order valence-corrected chi connectivity index (χ0v) is 21.0. The van der Waals surface area contributed by atoms with Crippen molar-refractivity contribution in [1.29, 1.82) is 0 Å². The second kappa shape index (κ2) is 11.6. The van der Waals surface area contributed by atoms with E-state index in [-0.39, 0.29) is 35.9 Å². The summed E-state index contributed by atoms with van der Waals surface area (Å²) in [4.78, 5) is 21.4. The highest BCUT2D eigenvalue weighted by atomic mass is 19.1. The SMILES string of the molecule is N[C@H]1CCC[C@@H](c2ccncc2CC(=O)c2ccc(F)c(-c3c(F)cc(OC4CCOCC4)cc3F)n2)C1. The number of ether oxygens (including phenoxy) is 2. The van der Waals surface area contributed by atoms with Crippen LogP contribution >= 0.6 is 0 Å². The maximum atomic E-state index is 15.0. The third-order valence-electron chi connectivity index (χ3n) is 7.30. The predicted molar refractivity (Wildman–Crippen MR) is 135 cm³/mol.